The Kier molecular flexibility index (Phi) is 5.12. The van der Waals surface area contributed by atoms with Crippen LogP contribution in [0.2, 0.25) is 0 Å². The van der Waals surface area contributed by atoms with Crippen LogP contribution < -0.4 is 0 Å². The minimum atomic E-state index is -3.42. The summed E-state index contributed by atoms with van der Waals surface area (Å²) in [4.78, 5) is 14.0. The third-order valence-corrected chi connectivity index (χ3v) is 6.01. The number of aliphatic hydroxyl groups is 1. The number of rotatable bonds is 5. The summed E-state index contributed by atoms with van der Waals surface area (Å²) in [6.45, 7) is 4.28. The molecule has 23 heavy (non-hydrogen) atoms. The van der Waals surface area contributed by atoms with Crippen LogP contribution in [0.25, 0.3) is 0 Å². The Hall–Kier alpha value is -1.45. The van der Waals surface area contributed by atoms with Crippen LogP contribution in [0.1, 0.15) is 30.2 Å². The Morgan fingerprint density at radius 3 is 2.61 bits per heavy atom. The number of hydrogen-bond acceptors (Lipinski definition) is 5. The lowest BCUT2D eigenvalue weighted by Crippen LogP contribution is -2.33. The topological polar surface area (TPSA) is 95.7 Å². The molecular weight excluding hydrogens is 320 g/mol. The molecule has 0 saturated carbocycles. The number of amides is 1. The van der Waals surface area contributed by atoms with Crippen molar-refractivity contribution >= 4 is 15.9 Å². The minimum absolute atomic E-state index is 0.138. The largest absolute Gasteiger partial charge is 0.391 e. The Balaban J connectivity index is 2.06. The molecule has 1 aromatic rings. The lowest BCUT2D eigenvalue weighted by molar-refractivity contribution is 0.0764. The van der Waals surface area contributed by atoms with Crippen molar-refractivity contribution in [2.24, 2.45) is 5.92 Å². The molecule has 9 heteroatoms. The Morgan fingerprint density at radius 1 is 1.43 bits per heavy atom. The van der Waals surface area contributed by atoms with E-state index in [0.717, 1.165) is 4.31 Å². The Morgan fingerprint density at radius 2 is 2.09 bits per heavy atom. The molecular formula is C14H24N4O4S. The molecule has 1 fully saturated rings. The van der Waals surface area contributed by atoms with E-state index in [9.17, 15) is 18.3 Å². The van der Waals surface area contributed by atoms with Crippen LogP contribution in [0.5, 0.6) is 0 Å². The van der Waals surface area contributed by atoms with E-state index in [2.05, 4.69) is 5.10 Å². The predicted molar refractivity (Wildman–Crippen MR) is 85.5 cm³/mol. The summed E-state index contributed by atoms with van der Waals surface area (Å²) in [7, 11) is -0.500. The van der Waals surface area contributed by atoms with Crippen LogP contribution in [-0.4, -0.2) is 77.5 Å². The molecule has 0 bridgehead atoms. The molecule has 1 N–H and O–H groups in total. The quantitative estimate of drug-likeness (QED) is 0.797. The van der Waals surface area contributed by atoms with Gasteiger partial charge in [0.1, 0.15) is 0 Å². The van der Waals surface area contributed by atoms with Gasteiger partial charge < -0.3 is 10.0 Å². The Labute approximate surface area is 136 Å². The third-order valence-electron chi connectivity index (χ3n) is 4.05. The minimum Gasteiger partial charge on any atom is -0.391 e. The second kappa shape index (κ2) is 6.58. The number of aliphatic hydroxyl groups excluding tert-OH is 1. The number of sulfonamides is 1. The molecule has 8 nitrogen and oxygen atoms in total. The summed E-state index contributed by atoms with van der Waals surface area (Å²) in [6, 6.07) is 0.152. The first-order valence-electron chi connectivity index (χ1n) is 7.53. The number of β-amino-alcohol motifs (C(OH)–C–C–N with tert-alkyl or cyclic N) is 1. The first-order chi connectivity index (χ1) is 10.6. The highest BCUT2D eigenvalue weighted by molar-refractivity contribution is 7.89. The van der Waals surface area contributed by atoms with Gasteiger partial charge in [-0.2, -0.15) is 5.10 Å². The predicted octanol–water partition coefficient (Wildman–Crippen LogP) is -0.212. The van der Waals surface area contributed by atoms with Crippen LogP contribution in [0.4, 0.5) is 0 Å². The van der Waals surface area contributed by atoms with Crippen molar-refractivity contribution in [3.8, 4) is 0 Å². The summed E-state index contributed by atoms with van der Waals surface area (Å²) < 4.78 is 26.7. The van der Waals surface area contributed by atoms with Crippen molar-refractivity contribution in [2.45, 2.75) is 26.0 Å². The zero-order chi connectivity index (χ0) is 17.4. The fourth-order valence-corrected chi connectivity index (χ4v) is 3.68. The van der Waals surface area contributed by atoms with E-state index in [1.165, 1.54) is 25.2 Å². The number of aromatic nitrogens is 2. The lowest BCUT2D eigenvalue weighted by Gasteiger charge is -2.17. The highest BCUT2D eigenvalue weighted by Gasteiger charge is 2.37. The third kappa shape index (κ3) is 3.91. The fraction of sp³-hybridized carbons (Fsp3) is 0.714. The van der Waals surface area contributed by atoms with E-state index in [0.29, 0.717) is 5.56 Å². The van der Waals surface area contributed by atoms with Gasteiger partial charge in [0.15, 0.2) is 0 Å². The van der Waals surface area contributed by atoms with Crippen LogP contribution in [0.3, 0.4) is 0 Å². The van der Waals surface area contributed by atoms with Crippen LogP contribution >= 0.6 is 0 Å². The molecule has 1 saturated heterocycles. The van der Waals surface area contributed by atoms with E-state index in [-0.39, 0.29) is 30.8 Å². The van der Waals surface area contributed by atoms with Crippen LogP contribution in [0, 0.1) is 5.92 Å². The van der Waals surface area contributed by atoms with Gasteiger partial charge in [-0.05, 0) is 13.8 Å². The molecule has 130 valence electrons. The number of carbonyl (C=O) groups is 1. The van der Waals surface area contributed by atoms with Gasteiger partial charge >= 0.3 is 0 Å². The maximum absolute atomic E-state index is 12.5. The molecule has 1 aliphatic rings. The highest BCUT2D eigenvalue weighted by atomic mass is 32.2. The van der Waals surface area contributed by atoms with E-state index >= 15 is 0 Å². The molecule has 0 aromatic carbocycles. The molecule has 0 aliphatic carbocycles. The second-order valence-electron chi connectivity index (χ2n) is 6.40. The summed E-state index contributed by atoms with van der Waals surface area (Å²) in [6.07, 6.45) is 2.33. The van der Waals surface area contributed by atoms with Gasteiger partial charge in [0.25, 0.3) is 5.91 Å². The standard InChI is InChI=1S/C14H24N4O4S/c1-10(2)18-7-11(5-15-18)14(20)17-6-12(13(19)8-17)9-23(21,22)16(3)4/h5,7,10,12-13,19H,6,8-9H2,1-4H3/t12-,13-/m0/s1. The zero-order valence-electron chi connectivity index (χ0n) is 13.9. The summed E-state index contributed by atoms with van der Waals surface area (Å²) >= 11 is 0. The maximum Gasteiger partial charge on any atom is 0.257 e. The van der Waals surface area contributed by atoms with Crippen molar-refractivity contribution in [3.05, 3.63) is 18.0 Å². The van der Waals surface area contributed by atoms with Crippen molar-refractivity contribution in [1.29, 1.82) is 0 Å². The molecule has 2 atom stereocenters. The van der Waals surface area contributed by atoms with E-state index < -0.39 is 22.0 Å². The normalized spacial score (nSPS) is 22.3. The summed E-state index contributed by atoms with van der Waals surface area (Å²) in [5.41, 5.74) is 0.446. The maximum atomic E-state index is 12.5. The summed E-state index contributed by atoms with van der Waals surface area (Å²) in [5.74, 6) is -0.886. The van der Waals surface area contributed by atoms with Gasteiger partial charge in [-0.15, -0.1) is 0 Å². The fourth-order valence-electron chi connectivity index (χ4n) is 2.52. The number of carbonyl (C=O) groups excluding carboxylic acids is 1. The smallest absolute Gasteiger partial charge is 0.257 e. The van der Waals surface area contributed by atoms with Crippen molar-refractivity contribution < 1.29 is 18.3 Å². The van der Waals surface area contributed by atoms with Gasteiger partial charge in [-0.25, -0.2) is 12.7 Å². The molecule has 1 aromatic heterocycles. The van der Waals surface area contributed by atoms with Crippen molar-refractivity contribution in [1.82, 2.24) is 19.0 Å². The van der Waals surface area contributed by atoms with E-state index in [1.807, 2.05) is 13.8 Å². The zero-order valence-corrected chi connectivity index (χ0v) is 14.7. The number of likely N-dealkylation sites (tertiary alicyclic amines) is 1. The molecule has 1 amide bonds. The average Bonchev–Trinajstić information content (AvgIpc) is 3.05. The van der Waals surface area contributed by atoms with Crippen molar-refractivity contribution in [2.75, 3.05) is 32.9 Å². The van der Waals surface area contributed by atoms with Crippen LogP contribution in [0.15, 0.2) is 12.4 Å². The first-order valence-corrected chi connectivity index (χ1v) is 9.14. The molecule has 2 heterocycles. The summed E-state index contributed by atoms with van der Waals surface area (Å²) in [5, 5.41) is 14.2. The van der Waals surface area contributed by atoms with Crippen LogP contribution in [-0.2, 0) is 10.0 Å². The lowest BCUT2D eigenvalue weighted by atomic mass is 10.1. The molecule has 1 aliphatic heterocycles. The number of hydrogen-bond donors (Lipinski definition) is 1. The molecule has 0 radical (unpaired) electrons. The molecule has 2 rings (SSSR count). The van der Waals surface area contributed by atoms with Gasteiger partial charge in [0.05, 0.1) is 23.6 Å². The second-order valence-corrected chi connectivity index (χ2v) is 8.63. The Bertz CT molecular complexity index is 668. The van der Waals surface area contributed by atoms with Gasteiger partial charge in [0.2, 0.25) is 10.0 Å². The van der Waals surface area contributed by atoms with E-state index in [4.69, 9.17) is 0 Å². The number of nitrogens with zero attached hydrogens (tertiary/aromatic N) is 4. The molecule has 0 unspecified atom stereocenters. The average molecular weight is 344 g/mol. The van der Waals surface area contributed by atoms with Gasteiger partial charge in [-0.1, -0.05) is 0 Å². The highest BCUT2D eigenvalue weighted by Crippen LogP contribution is 2.22. The SMILES string of the molecule is CC(C)n1cc(C(=O)N2C[C@@H](CS(=O)(=O)N(C)C)[C@@H](O)C2)cn1. The first kappa shape index (κ1) is 17.9. The monoisotopic (exact) mass is 344 g/mol. The molecule has 0 spiro atoms. The van der Waals surface area contributed by atoms with Crippen molar-refractivity contribution in [3.63, 3.8) is 0 Å². The van der Waals surface area contributed by atoms with Gasteiger partial charge in [0, 0.05) is 45.3 Å². The van der Waals surface area contributed by atoms with Gasteiger partial charge in [-0.3, -0.25) is 9.48 Å². The van der Waals surface area contributed by atoms with E-state index in [1.54, 1.807) is 10.9 Å².